The molecule has 0 radical (unpaired) electrons. The molecule has 0 saturated carbocycles. The standard InChI is InChI=1S/C24H33N3O3/c1-4-30-24(29)22-18(2)23(20-11-6-5-7-12-20)27(19(22)3)17-21(28)25-13-10-16-26-14-8-9-15-26/h5-7,11-12H,4,8-10,13-17H2,1-3H3,(H,25,28). The number of rotatable bonds is 9. The number of carbonyl (C=O) groups excluding carboxylic acids is 2. The van der Waals surface area contributed by atoms with E-state index in [1.54, 1.807) is 6.92 Å². The Morgan fingerprint density at radius 1 is 1.10 bits per heavy atom. The molecule has 1 aliphatic heterocycles. The monoisotopic (exact) mass is 411 g/mol. The Balaban J connectivity index is 1.75. The predicted molar refractivity (Wildman–Crippen MR) is 119 cm³/mol. The molecular formula is C24H33N3O3. The van der Waals surface area contributed by atoms with Crippen LogP contribution in [0.25, 0.3) is 11.3 Å². The summed E-state index contributed by atoms with van der Waals surface area (Å²) in [5.74, 6) is -0.378. The first-order valence-corrected chi connectivity index (χ1v) is 10.9. The van der Waals surface area contributed by atoms with E-state index in [0.717, 1.165) is 35.5 Å². The summed E-state index contributed by atoms with van der Waals surface area (Å²) in [6.45, 7) is 10.1. The maximum atomic E-state index is 12.7. The number of esters is 1. The number of hydrogen-bond acceptors (Lipinski definition) is 4. The SMILES string of the molecule is CCOC(=O)c1c(C)c(-c2ccccc2)n(CC(=O)NCCCN2CCCC2)c1C. The van der Waals surface area contributed by atoms with Crippen molar-refractivity contribution in [2.45, 2.75) is 46.6 Å². The van der Waals surface area contributed by atoms with Crippen molar-refractivity contribution in [3.8, 4) is 11.3 Å². The fourth-order valence-electron chi connectivity index (χ4n) is 4.30. The van der Waals surface area contributed by atoms with Gasteiger partial charge in [0, 0.05) is 12.2 Å². The Kier molecular flexibility index (Phi) is 7.69. The Morgan fingerprint density at radius 3 is 2.47 bits per heavy atom. The number of amides is 1. The third-order valence-electron chi connectivity index (χ3n) is 5.77. The molecule has 1 aliphatic rings. The van der Waals surface area contributed by atoms with E-state index in [-0.39, 0.29) is 18.4 Å². The van der Waals surface area contributed by atoms with Crippen molar-refractivity contribution in [1.82, 2.24) is 14.8 Å². The fourth-order valence-corrected chi connectivity index (χ4v) is 4.30. The summed E-state index contributed by atoms with van der Waals surface area (Å²) >= 11 is 0. The lowest BCUT2D eigenvalue weighted by molar-refractivity contribution is -0.121. The first-order chi connectivity index (χ1) is 14.5. The molecule has 2 heterocycles. The van der Waals surface area contributed by atoms with Crippen LogP contribution in [0.4, 0.5) is 0 Å². The Labute approximate surface area is 179 Å². The number of aromatic nitrogens is 1. The highest BCUT2D eigenvalue weighted by Gasteiger charge is 2.25. The van der Waals surface area contributed by atoms with E-state index < -0.39 is 0 Å². The maximum absolute atomic E-state index is 12.7. The summed E-state index contributed by atoms with van der Waals surface area (Å²) in [5.41, 5.74) is 4.03. The molecule has 1 aromatic heterocycles. The molecule has 0 atom stereocenters. The zero-order valence-electron chi connectivity index (χ0n) is 18.4. The van der Waals surface area contributed by atoms with Crippen molar-refractivity contribution in [2.24, 2.45) is 0 Å². The van der Waals surface area contributed by atoms with Crippen molar-refractivity contribution in [3.05, 3.63) is 47.2 Å². The smallest absolute Gasteiger partial charge is 0.340 e. The van der Waals surface area contributed by atoms with Crippen LogP contribution in [0.15, 0.2) is 30.3 Å². The van der Waals surface area contributed by atoms with Crippen LogP contribution in [0, 0.1) is 13.8 Å². The van der Waals surface area contributed by atoms with Gasteiger partial charge in [-0.1, -0.05) is 30.3 Å². The van der Waals surface area contributed by atoms with Crippen LogP contribution in [0.3, 0.4) is 0 Å². The molecular weight excluding hydrogens is 378 g/mol. The van der Waals surface area contributed by atoms with Crippen LogP contribution < -0.4 is 5.32 Å². The third kappa shape index (κ3) is 5.11. The fraction of sp³-hybridized carbons (Fsp3) is 0.500. The van der Waals surface area contributed by atoms with Crippen LogP contribution in [-0.4, -0.2) is 54.1 Å². The number of hydrogen-bond donors (Lipinski definition) is 1. The van der Waals surface area contributed by atoms with E-state index in [0.29, 0.717) is 18.7 Å². The molecule has 30 heavy (non-hydrogen) atoms. The minimum absolute atomic E-state index is 0.0397. The Bertz CT molecular complexity index is 868. The van der Waals surface area contributed by atoms with E-state index >= 15 is 0 Å². The first kappa shape index (κ1) is 22.1. The van der Waals surface area contributed by atoms with E-state index in [4.69, 9.17) is 4.74 Å². The average Bonchev–Trinajstić information content (AvgIpc) is 3.33. The van der Waals surface area contributed by atoms with Crippen LogP contribution in [-0.2, 0) is 16.1 Å². The molecule has 6 nitrogen and oxygen atoms in total. The second-order valence-electron chi connectivity index (χ2n) is 7.86. The number of ether oxygens (including phenoxy) is 1. The first-order valence-electron chi connectivity index (χ1n) is 10.9. The van der Waals surface area contributed by atoms with Crippen LogP contribution >= 0.6 is 0 Å². The average molecular weight is 412 g/mol. The van der Waals surface area contributed by atoms with Crippen molar-refractivity contribution in [2.75, 3.05) is 32.8 Å². The van der Waals surface area contributed by atoms with Crippen molar-refractivity contribution >= 4 is 11.9 Å². The largest absolute Gasteiger partial charge is 0.462 e. The number of nitrogens with zero attached hydrogens (tertiary/aromatic N) is 2. The maximum Gasteiger partial charge on any atom is 0.340 e. The second-order valence-corrected chi connectivity index (χ2v) is 7.86. The number of carbonyl (C=O) groups is 2. The predicted octanol–water partition coefficient (Wildman–Crippen LogP) is 3.55. The molecule has 2 aromatic rings. The second kappa shape index (κ2) is 10.4. The third-order valence-corrected chi connectivity index (χ3v) is 5.77. The van der Waals surface area contributed by atoms with Crippen LogP contribution in [0.5, 0.6) is 0 Å². The summed E-state index contributed by atoms with van der Waals surface area (Å²) in [4.78, 5) is 27.7. The van der Waals surface area contributed by atoms with Gasteiger partial charge in [0.05, 0.1) is 17.9 Å². The van der Waals surface area contributed by atoms with Gasteiger partial charge in [-0.2, -0.15) is 0 Å². The number of benzene rings is 1. The normalized spacial score (nSPS) is 14.1. The van der Waals surface area contributed by atoms with Gasteiger partial charge < -0.3 is 19.5 Å². The highest BCUT2D eigenvalue weighted by molar-refractivity contribution is 5.95. The highest BCUT2D eigenvalue weighted by atomic mass is 16.5. The molecule has 1 N–H and O–H groups in total. The van der Waals surface area contributed by atoms with Gasteiger partial charge in [-0.15, -0.1) is 0 Å². The molecule has 0 bridgehead atoms. The highest BCUT2D eigenvalue weighted by Crippen LogP contribution is 2.31. The lowest BCUT2D eigenvalue weighted by atomic mass is 10.1. The molecule has 162 valence electrons. The zero-order chi connectivity index (χ0) is 21.5. The molecule has 1 amide bonds. The topological polar surface area (TPSA) is 63.6 Å². The Morgan fingerprint density at radius 2 is 1.80 bits per heavy atom. The summed E-state index contributed by atoms with van der Waals surface area (Å²) in [5, 5.41) is 3.04. The van der Waals surface area contributed by atoms with Crippen LogP contribution in [0.1, 0.15) is 47.8 Å². The van der Waals surface area contributed by atoms with Crippen molar-refractivity contribution < 1.29 is 14.3 Å². The van der Waals surface area contributed by atoms with Gasteiger partial charge in [-0.25, -0.2) is 4.79 Å². The quantitative estimate of drug-likeness (QED) is 0.506. The molecule has 1 aromatic carbocycles. The molecule has 3 rings (SSSR count). The van der Waals surface area contributed by atoms with E-state index in [2.05, 4.69) is 10.2 Å². The summed E-state index contributed by atoms with van der Waals surface area (Å²) < 4.78 is 7.21. The minimum atomic E-state index is -0.338. The van der Waals surface area contributed by atoms with Crippen LogP contribution in [0.2, 0.25) is 0 Å². The van der Waals surface area contributed by atoms with Gasteiger partial charge in [-0.05, 0) is 70.8 Å². The van der Waals surface area contributed by atoms with Gasteiger partial charge in [0.2, 0.25) is 5.91 Å². The zero-order valence-corrected chi connectivity index (χ0v) is 18.4. The van der Waals surface area contributed by atoms with Gasteiger partial charge in [0.1, 0.15) is 6.54 Å². The molecule has 0 aliphatic carbocycles. The van der Waals surface area contributed by atoms with Gasteiger partial charge in [0.25, 0.3) is 0 Å². The van der Waals surface area contributed by atoms with Gasteiger partial charge in [0.15, 0.2) is 0 Å². The van der Waals surface area contributed by atoms with Crippen molar-refractivity contribution in [1.29, 1.82) is 0 Å². The number of likely N-dealkylation sites (tertiary alicyclic amines) is 1. The lowest BCUT2D eigenvalue weighted by Crippen LogP contribution is -2.31. The van der Waals surface area contributed by atoms with E-state index in [1.807, 2.05) is 48.7 Å². The number of nitrogens with one attached hydrogen (secondary N) is 1. The van der Waals surface area contributed by atoms with E-state index in [9.17, 15) is 9.59 Å². The lowest BCUT2D eigenvalue weighted by Gasteiger charge is -2.15. The summed E-state index contributed by atoms with van der Waals surface area (Å²) in [7, 11) is 0. The Hall–Kier alpha value is -2.60. The van der Waals surface area contributed by atoms with E-state index in [1.165, 1.54) is 25.9 Å². The van der Waals surface area contributed by atoms with Gasteiger partial charge in [-0.3, -0.25) is 4.79 Å². The van der Waals surface area contributed by atoms with Crippen molar-refractivity contribution in [3.63, 3.8) is 0 Å². The minimum Gasteiger partial charge on any atom is -0.462 e. The summed E-state index contributed by atoms with van der Waals surface area (Å²) in [6.07, 6.45) is 3.52. The molecule has 0 spiro atoms. The molecule has 1 fully saturated rings. The summed E-state index contributed by atoms with van der Waals surface area (Å²) in [6, 6.07) is 9.88. The van der Waals surface area contributed by atoms with Gasteiger partial charge >= 0.3 is 5.97 Å². The molecule has 1 saturated heterocycles. The molecule has 6 heteroatoms. The molecule has 0 unspecified atom stereocenters.